The number of pyridine rings is 1. The zero-order chi connectivity index (χ0) is 60.2. The van der Waals surface area contributed by atoms with E-state index in [-0.39, 0.29) is 46.8 Å². The number of piperidine rings is 1. The molecule has 0 saturated carbocycles. The zero-order valence-electron chi connectivity index (χ0n) is 50.9. The monoisotopic (exact) mass is 1180 g/mol. The molecule has 7 aromatic rings. The van der Waals surface area contributed by atoms with Gasteiger partial charge in [0.15, 0.2) is 11.6 Å². The maximum atomic E-state index is 17.0. The van der Waals surface area contributed by atoms with Crippen molar-refractivity contribution < 1.29 is 33.5 Å². The normalized spacial score (nSPS) is 19.8. The van der Waals surface area contributed by atoms with E-state index >= 15 is 4.39 Å². The summed E-state index contributed by atoms with van der Waals surface area (Å²) in [7, 11) is 2.98. The van der Waals surface area contributed by atoms with E-state index in [1.165, 1.54) is 22.4 Å². The average Bonchev–Trinajstić information content (AvgIpc) is 4.37. The molecule has 0 aliphatic carbocycles. The molecule has 5 saturated heterocycles. The number of anilines is 2. The van der Waals surface area contributed by atoms with Crippen molar-refractivity contribution in [3.63, 3.8) is 0 Å². The molecule has 18 nitrogen and oxygen atoms in total. The number of hydrogen-bond donors (Lipinski definition) is 4. The van der Waals surface area contributed by atoms with E-state index in [9.17, 15) is 14.7 Å². The Bertz CT molecular complexity index is 3310. The molecule has 3 aromatic carbocycles. The molecule has 5 fully saturated rings. The molecular formula is C65H87FN12O6S. The Kier molecular flexibility index (Phi) is 21.5. The van der Waals surface area contributed by atoms with E-state index in [0.29, 0.717) is 60.3 Å². The van der Waals surface area contributed by atoms with E-state index < -0.39 is 5.82 Å². The summed E-state index contributed by atoms with van der Waals surface area (Å²) in [5.74, 6) is 1.35. The van der Waals surface area contributed by atoms with Crippen LogP contribution in [0.3, 0.4) is 0 Å². The number of nitrogens with one attached hydrogen (secondary N) is 2. The minimum atomic E-state index is -0.553. The molecule has 0 radical (unpaired) electrons. The molecule has 2 unspecified atom stereocenters. The van der Waals surface area contributed by atoms with Gasteiger partial charge in [0.05, 0.1) is 33.9 Å². The van der Waals surface area contributed by atoms with Crippen molar-refractivity contribution in [2.24, 2.45) is 5.41 Å². The van der Waals surface area contributed by atoms with Crippen molar-refractivity contribution >= 4 is 56.8 Å². The molecule has 0 spiro atoms. The molecule has 1 amide bonds. The number of thiazole rings is 1. The molecule has 456 valence electrons. The number of aromatic nitrogens is 5. The third-order valence-corrected chi connectivity index (χ3v) is 18.3. The number of ether oxygens (including phenoxy) is 1. The Balaban J connectivity index is 0.000000350. The third-order valence-electron chi connectivity index (χ3n) is 17.3. The van der Waals surface area contributed by atoms with Gasteiger partial charge in [0, 0.05) is 102 Å². The molecule has 4 atom stereocenters. The van der Waals surface area contributed by atoms with Gasteiger partial charge in [0.2, 0.25) is 5.91 Å². The molecular weight excluding hydrogens is 1100 g/mol. The number of aliphatic hydroxyl groups excluding tert-OH is 1. The summed E-state index contributed by atoms with van der Waals surface area (Å²) in [6.45, 7) is 22.6. The van der Waals surface area contributed by atoms with Gasteiger partial charge < -0.3 is 49.6 Å². The van der Waals surface area contributed by atoms with Crippen LogP contribution in [0.4, 0.5) is 16.0 Å². The summed E-state index contributed by atoms with van der Waals surface area (Å²) in [4.78, 5) is 55.2. The van der Waals surface area contributed by atoms with Crippen LogP contribution in [0.2, 0.25) is 0 Å². The number of halogens is 1. The number of aromatic hydroxyl groups is 1. The number of aliphatic hydroxyl groups is 1. The Morgan fingerprint density at radius 3 is 2.34 bits per heavy atom. The number of aldehydes is 1. The number of carbonyl (C=O) groups is 2. The lowest BCUT2D eigenvalue weighted by Gasteiger charge is -2.44. The second-order valence-corrected chi connectivity index (χ2v) is 24.4. The van der Waals surface area contributed by atoms with Crippen LogP contribution >= 0.6 is 11.3 Å². The number of nitrogens with zero attached hydrogens (tertiary/aromatic N) is 10. The van der Waals surface area contributed by atoms with E-state index in [0.717, 1.165) is 145 Å². The number of benzene rings is 3. The van der Waals surface area contributed by atoms with Gasteiger partial charge in [-0.05, 0) is 124 Å². The molecule has 4 N–H and O–H groups in total. The number of likely N-dealkylation sites (tertiary alicyclic amines) is 2. The van der Waals surface area contributed by atoms with Crippen molar-refractivity contribution in [3.8, 4) is 33.5 Å². The summed E-state index contributed by atoms with van der Waals surface area (Å²) >= 11 is 1.70. The SMILES string of the molecule is CCC.CCc1cccc2cc(O)cc(-c3ncc4c(N5CC6CCC(C5)N6)nc(OCCN5CCC(C)(CN6CCN(c7cc(CC(=O)N8CCC[C@H]8C=O)on7)CC6)CC5)nc4c3F)c12.CN[C@@H](C)c1ccc(-c2scnc2C)cc1.CO. The Morgan fingerprint density at radius 2 is 1.67 bits per heavy atom. The molecule has 5 aliphatic heterocycles. The Hall–Kier alpha value is -6.68. The molecule has 9 heterocycles. The molecule has 2 bridgehead atoms. The van der Waals surface area contributed by atoms with Crippen molar-refractivity contribution in [1.29, 1.82) is 0 Å². The number of carbonyl (C=O) groups excluding carboxylic acids is 2. The highest BCUT2D eigenvalue weighted by molar-refractivity contribution is 7.13. The maximum Gasteiger partial charge on any atom is 0.319 e. The lowest BCUT2D eigenvalue weighted by Crippen LogP contribution is -2.51. The van der Waals surface area contributed by atoms with Gasteiger partial charge in [0.25, 0.3) is 0 Å². The second-order valence-electron chi connectivity index (χ2n) is 23.5. The number of piperazine rings is 2. The van der Waals surface area contributed by atoms with Crippen LogP contribution in [-0.2, 0) is 22.4 Å². The first-order chi connectivity index (χ1) is 41.3. The fraction of sp³-hybridized carbons (Fsp3) is 0.523. The predicted molar refractivity (Wildman–Crippen MR) is 336 cm³/mol. The van der Waals surface area contributed by atoms with Crippen molar-refractivity contribution in [2.75, 3.05) is 103 Å². The summed E-state index contributed by atoms with van der Waals surface area (Å²) in [6.07, 6.45) is 10.6. The van der Waals surface area contributed by atoms with Crippen LogP contribution in [0.15, 0.2) is 76.9 Å². The third kappa shape index (κ3) is 14.9. The highest BCUT2D eigenvalue weighted by Crippen LogP contribution is 2.40. The fourth-order valence-electron chi connectivity index (χ4n) is 12.6. The van der Waals surface area contributed by atoms with Crippen LogP contribution in [0.1, 0.15) is 108 Å². The van der Waals surface area contributed by atoms with Gasteiger partial charge in [-0.25, -0.2) is 9.37 Å². The Morgan fingerprint density at radius 1 is 0.941 bits per heavy atom. The maximum absolute atomic E-state index is 17.0. The van der Waals surface area contributed by atoms with Gasteiger partial charge in [0.1, 0.15) is 41.4 Å². The summed E-state index contributed by atoms with van der Waals surface area (Å²) < 4.78 is 28.9. The highest BCUT2D eigenvalue weighted by atomic mass is 32.1. The van der Waals surface area contributed by atoms with Crippen LogP contribution in [0.5, 0.6) is 11.8 Å². The van der Waals surface area contributed by atoms with Gasteiger partial charge in [-0.3, -0.25) is 19.6 Å². The first-order valence-corrected chi connectivity index (χ1v) is 31.4. The standard InChI is InChI=1S/C48H59FN10O5.C13H16N2S.C3H8.CH4O/c1-3-31-6-4-7-32-22-36(61)23-38(42(31)32)44-43(49)45-39(26-50-44)46(58-27-33-9-10-34(28-58)51-33)53-47(52-45)63-21-20-55-14-11-48(2,12-15-55)30-56-16-18-57(19-17-56)40-24-37(64-54-40)25-41(62)59-13-5-8-35(59)29-60;1-9(14-3)11-4-6-12(7-5-11)13-10(2)15-8-16-13;1-3-2;1-2/h4,6-7,22-24,26,29,33-35,51,61H,3,5,8-21,25,27-28,30H2,1-2H3;4-9,14H,1-3H3;3H2,1-2H3;2H,1H3/t33?,34?,35-;9-;;/m00../s1. The minimum absolute atomic E-state index is 0.0524. The average molecular weight is 1180 g/mol. The van der Waals surface area contributed by atoms with E-state index in [1.54, 1.807) is 34.6 Å². The van der Waals surface area contributed by atoms with Gasteiger partial charge in [-0.2, -0.15) is 9.97 Å². The van der Waals surface area contributed by atoms with Gasteiger partial charge in [-0.1, -0.05) is 81.7 Å². The zero-order valence-corrected chi connectivity index (χ0v) is 51.8. The molecule has 85 heavy (non-hydrogen) atoms. The van der Waals surface area contributed by atoms with E-state index in [1.807, 2.05) is 36.8 Å². The number of amides is 1. The van der Waals surface area contributed by atoms with Crippen LogP contribution in [0, 0.1) is 18.2 Å². The topological polar surface area (TPSA) is 202 Å². The predicted octanol–water partition coefficient (Wildman–Crippen LogP) is 9.64. The summed E-state index contributed by atoms with van der Waals surface area (Å²) in [5, 5.41) is 31.2. The lowest BCUT2D eigenvalue weighted by atomic mass is 9.79. The first kappa shape index (κ1) is 62.8. The summed E-state index contributed by atoms with van der Waals surface area (Å²) in [5.41, 5.74) is 7.67. The Labute approximate surface area is 504 Å². The van der Waals surface area contributed by atoms with Crippen molar-refractivity contribution in [3.05, 3.63) is 101 Å². The molecule has 4 aromatic heterocycles. The molecule has 5 aliphatic rings. The quantitative estimate of drug-likeness (QED) is 0.0666. The highest BCUT2D eigenvalue weighted by Gasteiger charge is 2.36. The second kappa shape index (κ2) is 29.1. The number of rotatable bonds is 16. The van der Waals surface area contributed by atoms with Crippen molar-refractivity contribution in [2.45, 2.75) is 123 Å². The fourth-order valence-corrected chi connectivity index (χ4v) is 13.4. The smallest absolute Gasteiger partial charge is 0.319 e. The summed E-state index contributed by atoms with van der Waals surface area (Å²) in [6, 6.07) is 20.7. The van der Waals surface area contributed by atoms with Crippen LogP contribution in [0.25, 0.3) is 43.4 Å². The van der Waals surface area contributed by atoms with Gasteiger partial charge in [-0.15, -0.1) is 11.3 Å². The number of phenolic OH excluding ortho intramolecular Hbond substituents is 1. The van der Waals surface area contributed by atoms with Crippen LogP contribution in [-0.4, -0.2) is 173 Å². The number of aryl methyl sites for hydroxylation is 2. The van der Waals surface area contributed by atoms with Crippen LogP contribution < -0.4 is 25.2 Å². The first-order valence-electron chi connectivity index (χ1n) is 30.5. The largest absolute Gasteiger partial charge is 0.508 e. The van der Waals surface area contributed by atoms with Crippen molar-refractivity contribution in [1.82, 2.24) is 50.4 Å². The molecule has 12 rings (SSSR count). The van der Waals surface area contributed by atoms with E-state index in [4.69, 9.17) is 29.3 Å². The van der Waals surface area contributed by atoms with Gasteiger partial charge >= 0.3 is 6.01 Å². The molecule has 20 heteroatoms. The number of phenols is 1. The number of fused-ring (bicyclic) bond motifs is 4. The number of hydrogen-bond acceptors (Lipinski definition) is 18. The lowest BCUT2D eigenvalue weighted by molar-refractivity contribution is -0.134. The minimum Gasteiger partial charge on any atom is -0.508 e. The van der Waals surface area contributed by atoms with E-state index in [2.05, 4.69) is 106 Å².